The Morgan fingerprint density at radius 3 is 2.50 bits per heavy atom. The lowest BCUT2D eigenvalue weighted by Gasteiger charge is -2.16. The van der Waals surface area contributed by atoms with Crippen LogP contribution in [0.15, 0.2) is 35.7 Å². The van der Waals surface area contributed by atoms with Gasteiger partial charge in [0.25, 0.3) is 0 Å². The van der Waals surface area contributed by atoms with Crippen molar-refractivity contribution in [2.45, 2.75) is 39.7 Å². The molecule has 0 saturated heterocycles. The molecule has 1 aromatic carbocycles. The summed E-state index contributed by atoms with van der Waals surface area (Å²) in [6, 6.07) is 9.36. The Labute approximate surface area is 170 Å². The molecule has 1 atom stereocenters. The van der Waals surface area contributed by atoms with Gasteiger partial charge >= 0.3 is 0 Å². The molecule has 0 spiro atoms. The van der Waals surface area contributed by atoms with Gasteiger partial charge < -0.3 is 20.1 Å². The van der Waals surface area contributed by atoms with Gasteiger partial charge in [0.15, 0.2) is 11.5 Å². The van der Waals surface area contributed by atoms with Gasteiger partial charge in [-0.25, -0.2) is 0 Å². The van der Waals surface area contributed by atoms with Crippen molar-refractivity contribution in [2.24, 2.45) is 0 Å². The molecule has 2 amide bonds. The van der Waals surface area contributed by atoms with Gasteiger partial charge in [0.05, 0.1) is 25.7 Å². The van der Waals surface area contributed by atoms with Crippen molar-refractivity contribution in [3.8, 4) is 11.5 Å². The number of amides is 2. The van der Waals surface area contributed by atoms with Gasteiger partial charge in [0, 0.05) is 18.3 Å². The van der Waals surface area contributed by atoms with Gasteiger partial charge in [-0.2, -0.15) is 0 Å². The van der Waals surface area contributed by atoms with E-state index in [1.807, 2.05) is 49.6 Å². The number of rotatable bonds is 11. The van der Waals surface area contributed by atoms with Crippen molar-refractivity contribution in [3.63, 3.8) is 0 Å². The third-order valence-corrected chi connectivity index (χ3v) is 4.98. The Morgan fingerprint density at radius 2 is 1.86 bits per heavy atom. The average molecular weight is 405 g/mol. The summed E-state index contributed by atoms with van der Waals surface area (Å²) in [4.78, 5) is 24.7. The second kappa shape index (κ2) is 11.3. The van der Waals surface area contributed by atoms with Crippen LogP contribution < -0.4 is 20.1 Å². The Morgan fingerprint density at radius 1 is 1.11 bits per heavy atom. The number of ether oxygens (including phenoxy) is 2. The van der Waals surface area contributed by atoms with E-state index in [2.05, 4.69) is 10.6 Å². The van der Waals surface area contributed by atoms with Gasteiger partial charge in [-0.1, -0.05) is 12.1 Å². The van der Waals surface area contributed by atoms with Crippen molar-refractivity contribution in [1.29, 1.82) is 0 Å². The van der Waals surface area contributed by atoms with Gasteiger partial charge in [0.1, 0.15) is 0 Å². The predicted octanol–water partition coefficient (Wildman–Crippen LogP) is 3.47. The highest BCUT2D eigenvalue weighted by Crippen LogP contribution is 2.28. The molecule has 2 rings (SSSR count). The minimum atomic E-state index is -0.299. The van der Waals surface area contributed by atoms with Crippen LogP contribution in [0.3, 0.4) is 0 Å². The largest absolute Gasteiger partial charge is 0.490 e. The first kappa shape index (κ1) is 21.8. The molecule has 0 saturated carbocycles. The van der Waals surface area contributed by atoms with Gasteiger partial charge in [0.2, 0.25) is 11.8 Å². The van der Waals surface area contributed by atoms with Crippen LogP contribution in [-0.4, -0.2) is 31.6 Å². The maximum atomic E-state index is 12.3. The predicted molar refractivity (Wildman–Crippen MR) is 111 cm³/mol. The van der Waals surface area contributed by atoms with Gasteiger partial charge in [-0.05, 0) is 49.4 Å². The third kappa shape index (κ3) is 6.88. The lowest BCUT2D eigenvalue weighted by Crippen LogP contribution is -2.33. The summed E-state index contributed by atoms with van der Waals surface area (Å²) in [7, 11) is 0. The van der Waals surface area contributed by atoms with E-state index in [1.165, 1.54) is 18.3 Å². The summed E-state index contributed by atoms with van der Waals surface area (Å²) >= 11 is 1.53. The van der Waals surface area contributed by atoms with Crippen LogP contribution in [0.2, 0.25) is 0 Å². The van der Waals surface area contributed by atoms with E-state index in [-0.39, 0.29) is 24.3 Å². The fraction of sp³-hybridized carbons (Fsp3) is 0.429. The molecule has 2 aromatic rings. The second-order valence-electron chi connectivity index (χ2n) is 6.22. The zero-order valence-corrected chi connectivity index (χ0v) is 17.4. The monoisotopic (exact) mass is 404 g/mol. The molecule has 28 heavy (non-hydrogen) atoms. The number of nitrogens with one attached hydrogen (secondary N) is 2. The van der Waals surface area contributed by atoms with E-state index in [1.54, 1.807) is 0 Å². The summed E-state index contributed by atoms with van der Waals surface area (Å²) in [6.07, 6.45) is 0.898. The summed E-state index contributed by atoms with van der Waals surface area (Å²) in [5.41, 5.74) is 1.06. The third-order valence-electron chi connectivity index (χ3n) is 4.00. The van der Waals surface area contributed by atoms with Crippen molar-refractivity contribution in [3.05, 3.63) is 46.2 Å². The maximum absolute atomic E-state index is 12.3. The highest BCUT2D eigenvalue weighted by Gasteiger charge is 2.17. The number of thiophene rings is 1. The minimum absolute atomic E-state index is 0.0943. The van der Waals surface area contributed by atoms with Crippen molar-refractivity contribution >= 4 is 23.2 Å². The van der Waals surface area contributed by atoms with Gasteiger partial charge in [-0.3, -0.25) is 9.59 Å². The Kier molecular flexibility index (Phi) is 8.81. The zero-order valence-electron chi connectivity index (χ0n) is 16.6. The average Bonchev–Trinajstić information content (AvgIpc) is 3.18. The molecule has 7 heteroatoms. The SMILES string of the molecule is CCOc1ccc(CCNC(=O)CC(NC(C)=O)c2cccs2)cc1OCC. The molecule has 0 bridgehead atoms. The summed E-state index contributed by atoms with van der Waals surface area (Å²) in [5.74, 6) is 1.20. The van der Waals surface area contributed by atoms with Gasteiger partial charge in [-0.15, -0.1) is 11.3 Å². The molecule has 1 heterocycles. The molecule has 152 valence electrons. The number of hydrogen-bond acceptors (Lipinski definition) is 5. The number of benzene rings is 1. The van der Waals surface area contributed by atoms with Crippen LogP contribution in [0.25, 0.3) is 0 Å². The standard InChI is InChI=1S/C21H28N2O4S/c1-4-26-18-9-8-16(13-19(18)27-5-2)10-11-22-21(25)14-17(23-15(3)24)20-7-6-12-28-20/h6-9,12-13,17H,4-5,10-11,14H2,1-3H3,(H,22,25)(H,23,24). The normalized spacial score (nSPS) is 11.5. The topological polar surface area (TPSA) is 76.7 Å². The van der Waals surface area contributed by atoms with Crippen molar-refractivity contribution in [1.82, 2.24) is 10.6 Å². The minimum Gasteiger partial charge on any atom is -0.490 e. The lowest BCUT2D eigenvalue weighted by molar-refractivity contribution is -0.122. The van der Waals surface area contributed by atoms with Crippen LogP contribution in [0.4, 0.5) is 0 Å². The molecule has 1 unspecified atom stereocenters. The lowest BCUT2D eigenvalue weighted by atomic mass is 10.1. The molecule has 0 radical (unpaired) electrons. The Hall–Kier alpha value is -2.54. The quantitative estimate of drug-likeness (QED) is 0.601. The zero-order chi connectivity index (χ0) is 20.4. The second-order valence-corrected chi connectivity index (χ2v) is 7.20. The first-order chi connectivity index (χ1) is 13.5. The summed E-state index contributed by atoms with van der Waals surface area (Å²) < 4.78 is 11.2. The number of carbonyl (C=O) groups is 2. The van der Waals surface area contributed by atoms with E-state index in [9.17, 15) is 9.59 Å². The van der Waals surface area contributed by atoms with Crippen LogP contribution >= 0.6 is 11.3 Å². The molecule has 0 aliphatic heterocycles. The number of carbonyl (C=O) groups excluding carboxylic acids is 2. The molecule has 1 aromatic heterocycles. The molecule has 0 aliphatic rings. The maximum Gasteiger partial charge on any atom is 0.222 e. The number of hydrogen-bond donors (Lipinski definition) is 2. The summed E-state index contributed by atoms with van der Waals surface area (Å²) in [5, 5.41) is 7.71. The Balaban J connectivity index is 1.88. The van der Waals surface area contributed by atoms with E-state index in [0.29, 0.717) is 26.2 Å². The Bertz CT molecular complexity index is 762. The van der Waals surface area contributed by atoms with E-state index in [0.717, 1.165) is 21.9 Å². The first-order valence-corrected chi connectivity index (χ1v) is 10.4. The fourth-order valence-electron chi connectivity index (χ4n) is 2.81. The molecular weight excluding hydrogens is 376 g/mol. The highest BCUT2D eigenvalue weighted by atomic mass is 32.1. The molecule has 0 aliphatic carbocycles. The fourth-order valence-corrected chi connectivity index (χ4v) is 3.59. The van der Waals surface area contributed by atoms with Crippen LogP contribution in [-0.2, 0) is 16.0 Å². The smallest absolute Gasteiger partial charge is 0.222 e. The van der Waals surface area contributed by atoms with Crippen LogP contribution in [0.5, 0.6) is 11.5 Å². The van der Waals surface area contributed by atoms with Crippen molar-refractivity contribution in [2.75, 3.05) is 19.8 Å². The van der Waals surface area contributed by atoms with E-state index >= 15 is 0 Å². The molecular formula is C21H28N2O4S. The van der Waals surface area contributed by atoms with E-state index < -0.39 is 0 Å². The molecule has 2 N–H and O–H groups in total. The molecule has 6 nitrogen and oxygen atoms in total. The van der Waals surface area contributed by atoms with Crippen LogP contribution in [0, 0.1) is 0 Å². The highest BCUT2D eigenvalue weighted by molar-refractivity contribution is 7.10. The first-order valence-electron chi connectivity index (χ1n) is 9.49. The molecule has 0 fully saturated rings. The van der Waals surface area contributed by atoms with E-state index in [4.69, 9.17) is 9.47 Å². The van der Waals surface area contributed by atoms with Crippen molar-refractivity contribution < 1.29 is 19.1 Å². The van der Waals surface area contributed by atoms with Crippen LogP contribution in [0.1, 0.15) is 43.7 Å². The summed E-state index contributed by atoms with van der Waals surface area (Å²) in [6.45, 7) is 6.98.